The van der Waals surface area contributed by atoms with E-state index in [4.69, 9.17) is 11.6 Å². The largest absolute Gasteiger partial charge is 0.322 e. The second-order valence-corrected chi connectivity index (χ2v) is 9.37. The van der Waals surface area contributed by atoms with E-state index in [0.29, 0.717) is 5.69 Å². The number of sulfonamides is 1. The van der Waals surface area contributed by atoms with Crippen molar-refractivity contribution in [1.82, 2.24) is 4.31 Å². The van der Waals surface area contributed by atoms with E-state index in [-0.39, 0.29) is 21.5 Å². The summed E-state index contributed by atoms with van der Waals surface area (Å²) < 4.78 is 27.5. The Hall–Kier alpha value is -1.16. The van der Waals surface area contributed by atoms with Gasteiger partial charge in [-0.2, -0.15) is 4.31 Å². The summed E-state index contributed by atoms with van der Waals surface area (Å²) >= 11 is 8.27. The molecule has 2 rings (SSSR count). The molecule has 0 saturated heterocycles. The summed E-state index contributed by atoms with van der Waals surface area (Å²) in [5.74, 6) is -0.463. The number of amides is 1. The molecule has 0 heterocycles. The van der Waals surface area contributed by atoms with Crippen LogP contribution in [0.2, 0.25) is 5.02 Å². The van der Waals surface area contributed by atoms with Gasteiger partial charge in [-0.05, 0) is 78.9 Å². The Bertz CT molecular complexity index is 883. The number of nitrogens with one attached hydrogen (secondary N) is 1. The fourth-order valence-electron chi connectivity index (χ4n) is 2.01. The predicted molar refractivity (Wildman–Crippen MR) is 109 cm³/mol. The van der Waals surface area contributed by atoms with Crippen LogP contribution in [0.15, 0.2) is 47.4 Å². The van der Waals surface area contributed by atoms with Gasteiger partial charge < -0.3 is 5.32 Å². The molecular weight excluding hydrogens is 475 g/mol. The standard InChI is InChI=1S/C17H18ClIN2O3S/c1-11(2)21(3)25(23,24)14-8-9-16(18)15(10-14)17(22)20-13-6-4-12(19)5-7-13/h4-11H,1-3H3,(H,20,22). The Labute approximate surface area is 166 Å². The molecule has 0 radical (unpaired) electrons. The van der Waals surface area contributed by atoms with Gasteiger partial charge in [-0.1, -0.05) is 11.6 Å². The summed E-state index contributed by atoms with van der Waals surface area (Å²) in [5.41, 5.74) is 0.715. The first-order valence-electron chi connectivity index (χ1n) is 7.47. The van der Waals surface area contributed by atoms with Gasteiger partial charge in [0.25, 0.3) is 5.91 Å². The van der Waals surface area contributed by atoms with Gasteiger partial charge in [0, 0.05) is 22.3 Å². The second-order valence-electron chi connectivity index (χ2n) is 5.72. The van der Waals surface area contributed by atoms with E-state index in [1.165, 1.54) is 29.6 Å². The first-order chi connectivity index (χ1) is 11.6. The maximum absolute atomic E-state index is 12.6. The molecule has 1 N–H and O–H groups in total. The molecule has 0 saturated carbocycles. The molecule has 8 heteroatoms. The average molecular weight is 493 g/mol. The Kier molecular flexibility index (Phi) is 6.47. The molecule has 0 aliphatic rings. The van der Waals surface area contributed by atoms with Crippen LogP contribution in [0.25, 0.3) is 0 Å². The molecule has 0 aliphatic heterocycles. The van der Waals surface area contributed by atoms with Crippen molar-refractivity contribution in [2.45, 2.75) is 24.8 Å². The van der Waals surface area contributed by atoms with Crippen LogP contribution in [-0.2, 0) is 10.0 Å². The fourth-order valence-corrected chi connectivity index (χ4v) is 3.97. The molecule has 2 aromatic carbocycles. The summed E-state index contributed by atoms with van der Waals surface area (Å²) in [6.07, 6.45) is 0. The number of hydrogen-bond acceptors (Lipinski definition) is 3. The Morgan fingerprint density at radius 1 is 1.16 bits per heavy atom. The van der Waals surface area contributed by atoms with Gasteiger partial charge in [-0.15, -0.1) is 0 Å². The van der Waals surface area contributed by atoms with E-state index in [9.17, 15) is 13.2 Å². The molecule has 0 unspecified atom stereocenters. The van der Waals surface area contributed by atoms with Gasteiger partial charge in [0.1, 0.15) is 0 Å². The highest BCUT2D eigenvalue weighted by molar-refractivity contribution is 14.1. The van der Waals surface area contributed by atoms with Crippen molar-refractivity contribution in [3.63, 3.8) is 0 Å². The first-order valence-corrected chi connectivity index (χ1v) is 10.4. The van der Waals surface area contributed by atoms with Crippen molar-refractivity contribution in [2.75, 3.05) is 12.4 Å². The molecule has 2 aromatic rings. The molecule has 0 atom stereocenters. The van der Waals surface area contributed by atoms with Gasteiger partial charge in [0.15, 0.2) is 0 Å². The molecule has 25 heavy (non-hydrogen) atoms. The minimum atomic E-state index is -3.70. The lowest BCUT2D eigenvalue weighted by atomic mass is 10.2. The number of nitrogens with zero attached hydrogens (tertiary/aromatic N) is 1. The predicted octanol–water partition coefficient (Wildman–Crippen LogP) is 4.23. The number of benzene rings is 2. The van der Waals surface area contributed by atoms with Crippen molar-refractivity contribution in [2.24, 2.45) is 0 Å². The van der Waals surface area contributed by atoms with Crippen molar-refractivity contribution in [1.29, 1.82) is 0 Å². The van der Waals surface area contributed by atoms with E-state index in [1.54, 1.807) is 26.0 Å². The number of carbonyl (C=O) groups is 1. The zero-order chi connectivity index (χ0) is 18.8. The summed E-state index contributed by atoms with van der Waals surface area (Å²) in [6, 6.07) is 11.2. The second kappa shape index (κ2) is 8.03. The normalized spacial score (nSPS) is 11.8. The Morgan fingerprint density at radius 3 is 2.32 bits per heavy atom. The number of halogens is 2. The summed E-state index contributed by atoms with van der Waals surface area (Å²) in [4.78, 5) is 12.5. The zero-order valence-corrected chi connectivity index (χ0v) is 17.7. The summed E-state index contributed by atoms with van der Waals surface area (Å²) in [5, 5.41) is 2.91. The zero-order valence-electron chi connectivity index (χ0n) is 14.0. The molecule has 0 bridgehead atoms. The maximum Gasteiger partial charge on any atom is 0.257 e. The van der Waals surface area contributed by atoms with E-state index in [1.807, 2.05) is 12.1 Å². The van der Waals surface area contributed by atoms with Crippen molar-refractivity contribution in [3.05, 3.63) is 56.6 Å². The topological polar surface area (TPSA) is 66.5 Å². The molecule has 134 valence electrons. The van der Waals surface area contributed by atoms with Crippen molar-refractivity contribution in [3.8, 4) is 0 Å². The lowest BCUT2D eigenvalue weighted by Gasteiger charge is -2.21. The highest BCUT2D eigenvalue weighted by atomic mass is 127. The Morgan fingerprint density at radius 2 is 1.76 bits per heavy atom. The van der Waals surface area contributed by atoms with Gasteiger partial charge in [-0.3, -0.25) is 4.79 Å². The first kappa shape index (κ1) is 20.2. The van der Waals surface area contributed by atoms with E-state index in [2.05, 4.69) is 27.9 Å². The lowest BCUT2D eigenvalue weighted by Crippen LogP contribution is -2.33. The monoisotopic (exact) mass is 492 g/mol. The van der Waals surface area contributed by atoms with Gasteiger partial charge in [-0.25, -0.2) is 8.42 Å². The van der Waals surface area contributed by atoms with Crippen LogP contribution in [-0.4, -0.2) is 31.7 Å². The minimum Gasteiger partial charge on any atom is -0.322 e. The molecule has 0 spiro atoms. The van der Waals surface area contributed by atoms with Crippen LogP contribution in [0.5, 0.6) is 0 Å². The van der Waals surface area contributed by atoms with Crippen LogP contribution in [0.4, 0.5) is 5.69 Å². The molecule has 0 aliphatic carbocycles. The number of anilines is 1. The quantitative estimate of drug-likeness (QED) is 0.636. The average Bonchev–Trinajstić information content (AvgIpc) is 2.56. The molecule has 1 amide bonds. The molecular formula is C17H18ClIN2O3S. The van der Waals surface area contributed by atoms with Gasteiger partial charge in [0.2, 0.25) is 10.0 Å². The van der Waals surface area contributed by atoms with Gasteiger partial charge in [0.05, 0.1) is 15.5 Å². The highest BCUT2D eigenvalue weighted by Gasteiger charge is 2.25. The number of carbonyl (C=O) groups excluding carboxylic acids is 1. The fraction of sp³-hybridized carbons (Fsp3) is 0.235. The summed E-state index contributed by atoms with van der Waals surface area (Å²) in [6.45, 7) is 3.55. The third-order valence-electron chi connectivity index (χ3n) is 3.69. The smallest absolute Gasteiger partial charge is 0.257 e. The van der Waals surface area contributed by atoms with Crippen LogP contribution in [0, 0.1) is 3.57 Å². The van der Waals surface area contributed by atoms with Crippen LogP contribution in [0.3, 0.4) is 0 Å². The van der Waals surface area contributed by atoms with Crippen molar-refractivity contribution < 1.29 is 13.2 Å². The molecule has 0 aromatic heterocycles. The van der Waals surface area contributed by atoms with E-state index < -0.39 is 15.9 Å². The van der Waals surface area contributed by atoms with Crippen LogP contribution in [0.1, 0.15) is 24.2 Å². The lowest BCUT2D eigenvalue weighted by molar-refractivity contribution is 0.102. The van der Waals surface area contributed by atoms with E-state index in [0.717, 1.165) is 3.57 Å². The molecule has 5 nitrogen and oxygen atoms in total. The van der Waals surface area contributed by atoms with Gasteiger partial charge >= 0.3 is 0 Å². The highest BCUT2D eigenvalue weighted by Crippen LogP contribution is 2.24. The maximum atomic E-state index is 12.6. The minimum absolute atomic E-state index is 0.0286. The van der Waals surface area contributed by atoms with Crippen LogP contribution >= 0.6 is 34.2 Å². The SMILES string of the molecule is CC(C)N(C)S(=O)(=O)c1ccc(Cl)c(C(=O)Nc2ccc(I)cc2)c1. The van der Waals surface area contributed by atoms with Crippen molar-refractivity contribution >= 4 is 55.8 Å². The third-order valence-corrected chi connectivity index (χ3v) is 6.77. The van der Waals surface area contributed by atoms with E-state index >= 15 is 0 Å². The number of hydrogen-bond donors (Lipinski definition) is 1. The third kappa shape index (κ3) is 4.72. The summed E-state index contributed by atoms with van der Waals surface area (Å²) in [7, 11) is -2.20. The Balaban J connectivity index is 2.35. The van der Waals surface area contributed by atoms with Crippen LogP contribution < -0.4 is 5.32 Å². The molecule has 0 fully saturated rings. The number of rotatable bonds is 5.